The molecule has 2 aromatic carbocycles. The van der Waals surface area contributed by atoms with E-state index >= 15 is 0 Å². The number of aryl methyl sites for hydroxylation is 1. The second-order valence-electron chi connectivity index (χ2n) is 8.17. The van der Waals surface area contributed by atoms with Crippen molar-refractivity contribution in [1.82, 2.24) is 5.32 Å². The Hall–Kier alpha value is -2.95. The van der Waals surface area contributed by atoms with E-state index in [0.717, 1.165) is 29.2 Å². The van der Waals surface area contributed by atoms with Gasteiger partial charge in [0.2, 0.25) is 5.91 Å². The average molecular weight is 392 g/mol. The van der Waals surface area contributed by atoms with Crippen LogP contribution in [0.25, 0.3) is 6.08 Å². The number of carbonyl (C=O) groups excluding carboxylic acids is 1. The first-order valence-corrected chi connectivity index (χ1v) is 9.99. The first-order valence-electron chi connectivity index (χ1n) is 9.99. The average Bonchev–Trinajstić information content (AvgIpc) is 3.16. The maximum Gasteiger partial charge on any atom is 0.241 e. The molecule has 4 rings (SSSR count). The minimum atomic E-state index is -0.621. The molecule has 1 atom stereocenters. The van der Waals surface area contributed by atoms with Gasteiger partial charge in [-0.15, -0.1) is 0 Å². The molecule has 0 aliphatic carbocycles. The van der Waals surface area contributed by atoms with Crippen LogP contribution in [0.2, 0.25) is 0 Å². The van der Waals surface area contributed by atoms with Crippen molar-refractivity contribution in [3.63, 3.8) is 0 Å². The quantitative estimate of drug-likeness (QED) is 0.838. The number of anilines is 1. The van der Waals surface area contributed by atoms with Crippen LogP contribution in [-0.4, -0.2) is 32.3 Å². The van der Waals surface area contributed by atoms with E-state index < -0.39 is 5.66 Å². The number of methoxy groups -OCH3 is 2. The Morgan fingerprint density at radius 1 is 1.14 bits per heavy atom. The zero-order valence-corrected chi connectivity index (χ0v) is 17.7. The summed E-state index contributed by atoms with van der Waals surface area (Å²) in [6.07, 6.45) is 5.13. The third kappa shape index (κ3) is 2.79. The van der Waals surface area contributed by atoms with Crippen LogP contribution >= 0.6 is 0 Å². The summed E-state index contributed by atoms with van der Waals surface area (Å²) in [6, 6.07) is 12.3. The number of fused-ring (bicyclic) bond motifs is 3. The van der Waals surface area contributed by atoms with Gasteiger partial charge in [-0.1, -0.05) is 39.0 Å². The highest BCUT2D eigenvalue weighted by atomic mass is 16.5. The molecule has 1 saturated heterocycles. The Morgan fingerprint density at radius 2 is 1.93 bits per heavy atom. The van der Waals surface area contributed by atoms with Gasteiger partial charge in [-0.3, -0.25) is 4.79 Å². The van der Waals surface area contributed by atoms with Gasteiger partial charge in [0.05, 0.1) is 20.8 Å². The number of amides is 1. The Balaban J connectivity index is 1.81. The van der Waals surface area contributed by atoms with E-state index in [4.69, 9.17) is 9.47 Å². The minimum absolute atomic E-state index is 0.0367. The molecule has 1 N–H and O–H groups in total. The van der Waals surface area contributed by atoms with Gasteiger partial charge in [0.25, 0.3) is 0 Å². The number of ether oxygens (including phenoxy) is 2. The van der Waals surface area contributed by atoms with Crippen LogP contribution < -0.4 is 19.7 Å². The first-order chi connectivity index (χ1) is 13.9. The van der Waals surface area contributed by atoms with Crippen LogP contribution in [0.4, 0.5) is 5.69 Å². The lowest BCUT2D eigenvalue weighted by Gasteiger charge is -2.40. The van der Waals surface area contributed by atoms with Crippen molar-refractivity contribution in [3.8, 4) is 11.5 Å². The van der Waals surface area contributed by atoms with Crippen LogP contribution in [0.1, 0.15) is 37.5 Å². The highest BCUT2D eigenvalue weighted by Crippen LogP contribution is 2.53. The fourth-order valence-electron chi connectivity index (χ4n) is 4.61. The summed E-state index contributed by atoms with van der Waals surface area (Å²) in [5, 5.41) is 3.27. The molecule has 0 saturated carbocycles. The lowest BCUT2D eigenvalue weighted by molar-refractivity contribution is -0.118. The largest absolute Gasteiger partial charge is 0.497 e. The van der Waals surface area contributed by atoms with Gasteiger partial charge in [-0.2, -0.15) is 0 Å². The zero-order valence-electron chi connectivity index (χ0n) is 17.7. The lowest BCUT2D eigenvalue weighted by atomic mass is 9.75. The molecule has 2 heterocycles. The topological polar surface area (TPSA) is 50.8 Å². The molecule has 2 aliphatic rings. The van der Waals surface area contributed by atoms with E-state index in [0.29, 0.717) is 6.54 Å². The number of hydrogen-bond acceptors (Lipinski definition) is 4. The van der Waals surface area contributed by atoms with E-state index in [-0.39, 0.29) is 11.3 Å². The van der Waals surface area contributed by atoms with Gasteiger partial charge in [-0.05, 0) is 41.8 Å². The normalized spacial score (nSPS) is 21.8. The smallest absolute Gasteiger partial charge is 0.241 e. The molecule has 1 unspecified atom stereocenters. The summed E-state index contributed by atoms with van der Waals surface area (Å²) >= 11 is 0. The van der Waals surface area contributed by atoms with Crippen molar-refractivity contribution < 1.29 is 14.3 Å². The number of carbonyl (C=O) groups is 1. The Labute approximate surface area is 172 Å². The monoisotopic (exact) mass is 392 g/mol. The van der Waals surface area contributed by atoms with Crippen molar-refractivity contribution in [2.45, 2.75) is 38.3 Å². The number of benzene rings is 2. The summed E-state index contributed by atoms with van der Waals surface area (Å²) in [5.74, 6) is 1.51. The van der Waals surface area contributed by atoms with Gasteiger partial charge in [0.1, 0.15) is 17.2 Å². The third-order valence-corrected chi connectivity index (χ3v) is 6.39. The molecule has 2 aromatic rings. The van der Waals surface area contributed by atoms with E-state index in [1.807, 2.05) is 24.3 Å². The molecule has 0 bridgehead atoms. The second-order valence-corrected chi connectivity index (χ2v) is 8.17. The fraction of sp³-hybridized carbons (Fsp3) is 0.375. The highest BCUT2D eigenvalue weighted by Gasteiger charge is 2.59. The number of hydrogen-bond donors (Lipinski definition) is 1. The fourth-order valence-corrected chi connectivity index (χ4v) is 4.61. The summed E-state index contributed by atoms with van der Waals surface area (Å²) in [6.45, 7) is 6.92. The van der Waals surface area contributed by atoms with Crippen molar-refractivity contribution in [2.24, 2.45) is 0 Å². The lowest BCUT2D eigenvalue weighted by Crippen LogP contribution is -2.58. The molecule has 1 fully saturated rings. The SMILES string of the molecule is CCc1ccc2c(c1)C(C)(C)C1(C=Cc3ccc(OC)cc3OC)NC(=O)CN21. The molecule has 1 amide bonds. The van der Waals surface area contributed by atoms with Gasteiger partial charge in [-0.25, -0.2) is 0 Å². The molecule has 0 spiro atoms. The molecule has 152 valence electrons. The van der Waals surface area contributed by atoms with Crippen molar-refractivity contribution in [2.75, 3.05) is 25.7 Å². The molecule has 2 aliphatic heterocycles. The van der Waals surface area contributed by atoms with Gasteiger partial charge in [0, 0.05) is 22.7 Å². The molecular weight excluding hydrogens is 364 g/mol. The number of rotatable bonds is 5. The highest BCUT2D eigenvalue weighted by molar-refractivity contribution is 5.91. The molecular formula is C24H28N2O3. The molecule has 0 radical (unpaired) electrons. The Bertz CT molecular complexity index is 996. The maximum atomic E-state index is 12.5. The van der Waals surface area contributed by atoms with Crippen molar-refractivity contribution >= 4 is 17.7 Å². The van der Waals surface area contributed by atoms with Crippen LogP contribution in [0, 0.1) is 0 Å². The molecule has 0 aromatic heterocycles. The van der Waals surface area contributed by atoms with Gasteiger partial charge in [0.15, 0.2) is 0 Å². The zero-order chi connectivity index (χ0) is 20.8. The molecule has 29 heavy (non-hydrogen) atoms. The minimum Gasteiger partial charge on any atom is -0.497 e. The van der Waals surface area contributed by atoms with Crippen LogP contribution in [-0.2, 0) is 16.6 Å². The predicted octanol–water partition coefficient (Wildman–Crippen LogP) is 3.90. The van der Waals surface area contributed by atoms with E-state index in [9.17, 15) is 4.79 Å². The van der Waals surface area contributed by atoms with Gasteiger partial charge >= 0.3 is 0 Å². The number of nitrogens with zero attached hydrogens (tertiary/aromatic N) is 1. The van der Waals surface area contributed by atoms with Crippen molar-refractivity contribution in [1.29, 1.82) is 0 Å². The van der Waals surface area contributed by atoms with Gasteiger partial charge < -0.3 is 19.7 Å². The Morgan fingerprint density at radius 3 is 2.62 bits per heavy atom. The van der Waals surface area contributed by atoms with E-state index in [1.54, 1.807) is 14.2 Å². The van der Waals surface area contributed by atoms with E-state index in [2.05, 4.69) is 55.3 Å². The Kier molecular flexibility index (Phi) is 4.56. The van der Waals surface area contributed by atoms with Crippen LogP contribution in [0.3, 0.4) is 0 Å². The predicted molar refractivity (Wildman–Crippen MR) is 116 cm³/mol. The van der Waals surface area contributed by atoms with E-state index in [1.165, 1.54) is 11.1 Å². The summed E-state index contributed by atoms with van der Waals surface area (Å²) in [4.78, 5) is 14.7. The third-order valence-electron chi connectivity index (χ3n) is 6.39. The summed E-state index contributed by atoms with van der Waals surface area (Å²) < 4.78 is 10.8. The number of nitrogens with one attached hydrogen (secondary N) is 1. The molecule has 5 heteroatoms. The maximum absolute atomic E-state index is 12.5. The first kappa shape index (κ1) is 19.4. The summed E-state index contributed by atoms with van der Waals surface area (Å²) in [7, 11) is 3.29. The van der Waals surface area contributed by atoms with Crippen LogP contribution in [0.15, 0.2) is 42.5 Å². The second kappa shape index (κ2) is 6.83. The molecule has 5 nitrogen and oxygen atoms in total. The summed E-state index contributed by atoms with van der Waals surface area (Å²) in [5.41, 5.74) is 3.71. The standard InChI is InChI=1S/C24H28N2O3/c1-6-16-7-10-20-19(13-16)23(2,3)24(25-22(27)15-26(20)24)12-11-17-8-9-18(28-4)14-21(17)29-5/h7-14H,6,15H2,1-5H3,(H,25,27). The van der Waals surface area contributed by atoms with Crippen LogP contribution in [0.5, 0.6) is 11.5 Å². The van der Waals surface area contributed by atoms with Crippen molar-refractivity contribution in [3.05, 3.63) is 59.2 Å².